The Labute approximate surface area is 168 Å². The number of nitrogens with zero attached hydrogens (tertiary/aromatic N) is 4. The van der Waals surface area contributed by atoms with Gasteiger partial charge in [0.15, 0.2) is 0 Å². The van der Waals surface area contributed by atoms with Crippen LogP contribution in [0.4, 0.5) is 0 Å². The van der Waals surface area contributed by atoms with E-state index in [4.69, 9.17) is 0 Å². The van der Waals surface area contributed by atoms with Gasteiger partial charge in [-0.25, -0.2) is 0 Å². The standard InChI is InChI=1S/3C6H5.C5H3N4.Pb/c3*1-2-4-6-5-3-1;1-4-5(8-2-6-1)9-3-7-4;/h3*1-5H;1-3H;/q;;;-1;+1. The molecule has 0 aliphatic carbocycles. The first-order chi connectivity index (χ1) is 13.9. The number of hydrogen-bond donors (Lipinski definition) is 0. The van der Waals surface area contributed by atoms with Crippen molar-refractivity contribution in [2.75, 3.05) is 0 Å². The molecule has 0 saturated heterocycles. The molecule has 2 heterocycles. The van der Waals surface area contributed by atoms with Crippen LogP contribution in [-0.2, 0) is 0 Å². The Morgan fingerprint density at radius 3 is 1.61 bits per heavy atom. The minimum absolute atomic E-state index is 0.828. The first kappa shape index (κ1) is 17.2. The van der Waals surface area contributed by atoms with Crippen molar-refractivity contribution in [1.82, 2.24) is 17.3 Å². The van der Waals surface area contributed by atoms with E-state index in [1.54, 1.807) is 12.5 Å². The predicted molar refractivity (Wildman–Crippen MR) is 115 cm³/mol. The number of fused-ring (bicyclic) bond motifs is 1. The normalized spacial score (nSPS) is 11.6. The molecule has 0 unspecified atom stereocenters. The van der Waals surface area contributed by atoms with E-state index in [-0.39, 0.29) is 0 Å². The van der Waals surface area contributed by atoms with Crippen molar-refractivity contribution in [3.05, 3.63) is 110 Å². The Morgan fingerprint density at radius 1 is 0.607 bits per heavy atom. The molecule has 0 fully saturated rings. The van der Waals surface area contributed by atoms with Crippen molar-refractivity contribution in [2.45, 2.75) is 0 Å². The van der Waals surface area contributed by atoms with Gasteiger partial charge in [0.2, 0.25) is 0 Å². The van der Waals surface area contributed by atoms with E-state index in [2.05, 4.69) is 108 Å². The van der Waals surface area contributed by atoms with Crippen LogP contribution >= 0.6 is 0 Å². The molecule has 0 aliphatic rings. The molecular weight excluding hydrogens is 539 g/mol. The molecule has 0 N–H and O–H groups in total. The van der Waals surface area contributed by atoms with Gasteiger partial charge in [0.25, 0.3) is 0 Å². The SMILES string of the molecule is c1cc[c]([Pb]([c]2ccccc2)([c]2ccccc2)[n]2cnc3cncnc32)cc1. The van der Waals surface area contributed by atoms with Crippen molar-refractivity contribution in [3.8, 4) is 0 Å². The first-order valence-electron chi connectivity index (χ1n) is 9.21. The summed E-state index contributed by atoms with van der Waals surface area (Å²) < 4.78 is 6.48. The maximum absolute atomic E-state index is 4.65. The zero-order valence-electron chi connectivity index (χ0n) is 15.2. The van der Waals surface area contributed by atoms with Crippen molar-refractivity contribution in [2.24, 2.45) is 0 Å². The fraction of sp³-hybridized carbons (Fsp3) is 0. The van der Waals surface area contributed by atoms with Crippen LogP contribution in [0.5, 0.6) is 0 Å². The summed E-state index contributed by atoms with van der Waals surface area (Å²) >= 11 is -3.87. The van der Waals surface area contributed by atoms with E-state index in [1.165, 1.54) is 9.37 Å². The van der Waals surface area contributed by atoms with Crippen molar-refractivity contribution in [3.63, 3.8) is 0 Å². The molecule has 0 spiro atoms. The van der Waals surface area contributed by atoms with Gasteiger partial charge in [0.05, 0.1) is 0 Å². The Bertz CT molecular complexity index is 1110. The molecular formula is C23H18N4Pb. The number of rotatable bonds is 4. The number of aromatic nitrogens is 4. The van der Waals surface area contributed by atoms with Gasteiger partial charge in [-0.1, -0.05) is 0 Å². The average Bonchev–Trinajstić information content (AvgIpc) is 3.21. The van der Waals surface area contributed by atoms with Crippen LogP contribution in [0.1, 0.15) is 0 Å². The summed E-state index contributed by atoms with van der Waals surface area (Å²) in [4.78, 5) is 13.4. The topological polar surface area (TPSA) is 43.6 Å². The Hall–Kier alpha value is -2.87. The third-order valence-corrected chi connectivity index (χ3v) is 22.9. The molecule has 0 amide bonds. The van der Waals surface area contributed by atoms with Gasteiger partial charge in [0, 0.05) is 0 Å². The van der Waals surface area contributed by atoms with Crippen LogP contribution in [0.25, 0.3) is 11.2 Å². The van der Waals surface area contributed by atoms with Crippen LogP contribution in [-0.4, -0.2) is 38.8 Å². The van der Waals surface area contributed by atoms with E-state index in [0.717, 1.165) is 11.2 Å². The van der Waals surface area contributed by atoms with E-state index < -0.39 is 21.5 Å². The molecule has 0 aliphatic heterocycles. The van der Waals surface area contributed by atoms with Gasteiger partial charge in [-0.15, -0.1) is 0 Å². The second-order valence-electron chi connectivity index (χ2n) is 6.65. The fourth-order valence-electron chi connectivity index (χ4n) is 3.97. The summed E-state index contributed by atoms with van der Waals surface area (Å²) in [6.45, 7) is 0. The zero-order valence-corrected chi connectivity index (χ0v) is 19.1. The molecule has 0 saturated carbocycles. The van der Waals surface area contributed by atoms with Gasteiger partial charge >= 0.3 is 169 Å². The molecule has 28 heavy (non-hydrogen) atoms. The minimum atomic E-state index is -3.87. The monoisotopic (exact) mass is 558 g/mol. The van der Waals surface area contributed by atoms with Gasteiger partial charge in [0.1, 0.15) is 0 Å². The van der Waals surface area contributed by atoms with Gasteiger partial charge in [-0.05, 0) is 0 Å². The Morgan fingerprint density at radius 2 is 1.11 bits per heavy atom. The molecule has 134 valence electrons. The summed E-state index contributed by atoms with van der Waals surface area (Å²) in [5.74, 6) is 0. The van der Waals surface area contributed by atoms with E-state index in [9.17, 15) is 0 Å². The molecule has 5 rings (SSSR count). The van der Waals surface area contributed by atoms with Gasteiger partial charge in [-0.2, -0.15) is 0 Å². The fourth-order valence-corrected chi connectivity index (χ4v) is 21.8. The van der Waals surface area contributed by atoms with Crippen molar-refractivity contribution in [1.29, 1.82) is 0 Å². The Kier molecular flexibility index (Phi) is 4.48. The first-order valence-corrected chi connectivity index (χ1v) is 16.8. The Balaban J connectivity index is 1.96. The average molecular weight is 558 g/mol. The van der Waals surface area contributed by atoms with Gasteiger partial charge in [-0.3, -0.25) is 0 Å². The second-order valence-corrected chi connectivity index (χ2v) is 20.8. The number of imidazole rings is 1. The maximum atomic E-state index is 4.65. The van der Waals surface area contributed by atoms with Crippen molar-refractivity contribution >= 4 is 42.0 Å². The van der Waals surface area contributed by atoms with E-state index in [0.29, 0.717) is 0 Å². The molecule has 0 radical (unpaired) electrons. The van der Waals surface area contributed by atoms with Crippen LogP contribution in [0.2, 0.25) is 0 Å². The second kappa shape index (κ2) is 7.27. The summed E-state index contributed by atoms with van der Waals surface area (Å²) in [6.07, 6.45) is 5.37. The summed E-state index contributed by atoms with van der Waals surface area (Å²) in [7, 11) is 0. The quantitative estimate of drug-likeness (QED) is 0.319. The van der Waals surface area contributed by atoms with Crippen LogP contribution < -0.4 is 9.37 Å². The molecule has 5 heteroatoms. The number of benzene rings is 3. The molecule has 2 aromatic heterocycles. The van der Waals surface area contributed by atoms with Crippen LogP contribution in [0, 0.1) is 0 Å². The summed E-state index contributed by atoms with van der Waals surface area (Å²) in [6, 6.07) is 32.6. The van der Waals surface area contributed by atoms with E-state index in [1.807, 2.05) is 6.33 Å². The third kappa shape index (κ3) is 2.67. The van der Waals surface area contributed by atoms with Crippen LogP contribution in [0.15, 0.2) is 110 Å². The molecule has 4 nitrogen and oxygen atoms in total. The van der Waals surface area contributed by atoms with Crippen molar-refractivity contribution < 1.29 is 0 Å². The predicted octanol–water partition coefficient (Wildman–Crippen LogP) is 2.34. The summed E-state index contributed by atoms with van der Waals surface area (Å²) in [5, 5.41) is 0. The van der Waals surface area contributed by atoms with Crippen LogP contribution in [0.3, 0.4) is 0 Å². The zero-order chi connectivity index (χ0) is 18.8. The summed E-state index contributed by atoms with van der Waals surface area (Å²) in [5.41, 5.74) is 1.72. The molecule has 0 bridgehead atoms. The molecule has 3 aromatic carbocycles. The van der Waals surface area contributed by atoms with E-state index >= 15 is 0 Å². The van der Waals surface area contributed by atoms with Gasteiger partial charge < -0.3 is 0 Å². The number of hydrogen-bond acceptors (Lipinski definition) is 3. The third-order valence-electron chi connectivity index (χ3n) is 5.15. The molecule has 5 aromatic rings. The molecule has 0 atom stereocenters.